The first kappa shape index (κ1) is 9.71. The molecule has 2 N–H and O–H groups in total. The lowest BCUT2D eigenvalue weighted by Gasteiger charge is -2.08. The summed E-state index contributed by atoms with van der Waals surface area (Å²) in [5.41, 5.74) is 10.5. The molecular formula is C13H14N2. The van der Waals surface area contributed by atoms with Crippen LogP contribution in [0.25, 0.3) is 11.1 Å². The molecule has 0 aliphatic rings. The molecule has 0 saturated carbocycles. The summed E-state index contributed by atoms with van der Waals surface area (Å²) in [7, 11) is 0. The third-order valence-electron chi connectivity index (χ3n) is 2.70. The van der Waals surface area contributed by atoms with Crippen molar-refractivity contribution in [3.63, 3.8) is 0 Å². The van der Waals surface area contributed by atoms with Crippen molar-refractivity contribution in [2.24, 2.45) is 0 Å². The molecule has 0 radical (unpaired) electrons. The van der Waals surface area contributed by atoms with Crippen LogP contribution in [0, 0.1) is 13.8 Å². The van der Waals surface area contributed by atoms with Gasteiger partial charge in [-0.1, -0.05) is 18.2 Å². The first-order valence-electron chi connectivity index (χ1n) is 4.96. The highest BCUT2D eigenvalue weighted by Gasteiger charge is 2.03. The Bertz CT molecular complexity index is 472. The van der Waals surface area contributed by atoms with Crippen molar-refractivity contribution >= 4 is 5.82 Å². The number of rotatable bonds is 1. The smallest absolute Gasteiger partial charge is 0.123 e. The lowest BCUT2D eigenvalue weighted by molar-refractivity contribution is 1.30. The fourth-order valence-electron chi connectivity index (χ4n) is 1.63. The van der Waals surface area contributed by atoms with Gasteiger partial charge < -0.3 is 5.73 Å². The Kier molecular flexibility index (Phi) is 2.42. The van der Waals surface area contributed by atoms with Gasteiger partial charge in [0.2, 0.25) is 0 Å². The quantitative estimate of drug-likeness (QED) is 0.765. The number of nitrogens with two attached hydrogens (primary N) is 1. The summed E-state index contributed by atoms with van der Waals surface area (Å²) in [4.78, 5) is 4.10. The number of pyridine rings is 1. The second-order valence-electron chi connectivity index (χ2n) is 3.72. The predicted octanol–water partition coefficient (Wildman–Crippen LogP) is 2.95. The molecule has 76 valence electrons. The van der Waals surface area contributed by atoms with E-state index in [1.54, 1.807) is 0 Å². The zero-order valence-electron chi connectivity index (χ0n) is 8.99. The van der Waals surface area contributed by atoms with Gasteiger partial charge in [0.15, 0.2) is 0 Å². The molecular weight excluding hydrogens is 184 g/mol. The van der Waals surface area contributed by atoms with Gasteiger partial charge in [-0.3, -0.25) is 0 Å². The van der Waals surface area contributed by atoms with E-state index in [1.807, 2.05) is 18.3 Å². The molecule has 0 fully saturated rings. The van der Waals surface area contributed by atoms with E-state index < -0.39 is 0 Å². The number of anilines is 1. The van der Waals surface area contributed by atoms with Crippen LogP contribution in [0.4, 0.5) is 5.82 Å². The average Bonchev–Trinajstić information content (AvgIpc) is 2.24. The number of nitrogens with zero attached hydrogens (tertiary/aromatic N) is 1. The summed E-state index contributed by atoms with van der Waals surface area (Å²) in [6, 6.07) is 10.1. The molecule has 1 heterocycles. The minimum absolute atomic E-state index is 0.559. The molecule has 1 aromatic heterocycles. The normalized spacial score (nSPS) is 10.3. The van der Waals surface area contributed by atoms with Crippen LogP contribution >= 0.6 is 0 Å². The van der Waals surface area contributed by atoms with Crippen molar-refractivity contribution in [2.75, 3.05) is 5.73 Å². The largest absolute Gasteiger partial charge is 0.384 e. The molecule has 0 amide bonds. The zero-order valence-corrected chi connectivity index (χ0v) is 8.99. The van der Waals surface area contributed by atoms with Gasteiger partial charge in [-0.05, 0) is 42.7 Å². The molecule has 2 heteroatoms. The molecule has 0 unspecified atom stereocenters. The Morgan fingerprint density at radius 1 is 1.07 bits per heavy atom. The van der Waals surface area contributed by atoms with Crippen LogP contribution in [0.2, 0.25) is 0 Å². The van der Waals surface area contributed by atoms with Gasteiger partial charge in [-0.25, -0.2) is 4.98 Å². The van der Waals surface area contributed by atoms with Crippen LogP contribution in [-0.4, -0.2) is 4.98 Å². The Balaban J connectivity index is 2.54. The lowest BCUT2D eigenvalue weighted by Crippen LogP contribution is -1.91. The molecule has 15 heavy (non-hydrogen) atoms. The molecule has 0 atom stereocenters. The molecule has 0 aliphatic carbocycles. The molecule has 0 spiro atoms. The molecule has 0 aliphatic heterocycles. The van der Waals surface area contributed by atoms with Gasteiger partial charge >= 0.3 is 0 Å². The maximum atomic E-state index is 5.56. The van der Waals surface area contributed by atoms with Gasteiger partial charge in [0, 0.05) is 11.8 Å². The molecule has 0 bridgehead atoms. The van der Waals surface area contributed by atoms with Crippen LogP contribution in [0.3, 0.4) is 0 Å². The Labute approximate surface area is 89.8 Å². The van der Waals surface area contributed by atoms with Gasteiger partial charge in [0.1, 0.15) is 5.82 Å². The van der Waals surface area contributed by atoms with Gasteiger partial charge in [-0.15, -0.1) is 0 Å². The van der Waals surface area contributed by atoms with Gasteiger partial charge in [0.05, 0.1) is 0 Å². The molecule has 1 aromatic carbocycles. The summed E-state index contributed by atoms with van der Waals surface area (Å²) in [6.07, 6.45) is 1.82. The van der Waals surface area contributed by atoms with Gasteiger partial charge in [0.25, 0.3) is 0 Å². The monoisotopic (exact) mass is 198 g/mol. The van der Waals surface area contributed by atoms with Crippen molar-refractivity contribution in [1.29, 1.82) is 0 Å². The average molecular weight is 198 g/mol. The van der Waals surface area contributed by atoms with Crippen LogP contribution in [-0.2, 0) is 0 Å². The fourth-order valence-corrected chi connectivity index (χ4v) is 1.63. The summed E-state index contributed by atoms with van der Waals surface area (Å²) in [5, 5.41) is 0. The molecule has 2 nitrogen and oxygen atoms in total. The Morgan fingerprint density at radius 2 is 1.87 bits per heavy atom. The van der Waals surface area contributed by atoms with E-state index in [1.165, 1.54) is 16.7 Å². The number of benzene rings is 1. The van der Waals surface area contributed by atoms with Crippen LogP contribution in [0.15, 0.2) is 36.5 Å². The van der Waals surface area contributed by atoms with E-state index in [2.05, 4.69) is 37.0 Å². The summed E-state index contributed by atoms with van der Waals surface area (Å²) in [5.74, 6) is 0.559. The first-order chi connectivity index (χ1) is 7.18. The third-order valence-corrected chi connectivity index (χ3v) is 2.70. The summed E-state index contributed by atoms with van der Waals surface area (Å²) < 4.78 is 0. The standard InChI is InChI=1S/C13H14N2/c1-9-4-3-5-12(10(9)2)11-6-7-13(14)15-8-11/h3-8H,1-2H3,(H2,14,15). The van der Waals surface area contributed by atoms with Crippen molar-refractivity contribution in [1.82, 2.24) is 4.98 Å². The lowest BCUT2D eigenvalue weighted by atomic mass is 9.98. The Morgan fingerprint density at radius 3 is 2.53 bits per heavy atom. The molecule has 0 saturated heterocycles. The number of nitrogen functional groups attached to an aromatic ring is 1. The highest BCUT2D eigenvalue weighted by molar-refractivity contribution is 5.68. The fraction of sp³-hybridized carbons (Fsp3) is 0.154. The number of aryl methyl sites for hydroxylation is 1. The van der Waals surface area contributed by atoms with Crippen molar-refractivity contribution in [3.05, 3.63) is 47.7 Å². The molecule has 2 rings (SSSR count). The number of hydrogen-bond donors (Lipinski definition) is 1. The van der Waals surface area contributed by atoms with E-state index in [4.69, 9.17) is 5.73 Å². The highest BCUT2D eigenvalue weighted by atomic mass is 14.8. The van der Waals surface area contributed by atoms with Crippen LogP contribution < -0.4 is 5.73 Å². The Hall–Kier alpha value is -1.83. The predicted molar refractivity (Wildman–Crippen MR) is 63.6 cm³/mol. The zero-order chi connectivity index (χ0) is 10.8. The number of aromatic nitrogens is 1. The summed E-state index contributed by atoms with van der Waals surface area (Å²) >= 11 is 0. The number of hydrogen-bond acceptors (Lipinski definition) is 2. The van der Waals surface area contributed by atoms with E-state index in [0.29, 0.717) is 5.82 Å². The van der Waals surface area contributed by atoms with E-state index in [-0.39, 0.29) is 0 Å². The topological polar surface area (TPSA) is 38.9 Å². The second kappa shape index (κ2) is 3.73. The van der Waals surface area contributed by atoms with Crippen LogP contribution in [0.5, 0.6) is 0 Å². The van der Waals surface area contributed by atoms with E-state index in [9.17, 15) is 0 Å². The van der Waals surface area contributed by atoms with E-state index in [0.717, 1.165) is 5.56 Å². The van der Waals surface area contributed by atoms with Gasteiger partial charge in [-0.2, -0.15) is 0 Å². The van der Waals surface area contributed by atoms with Crippen molar-refractivity contribution < 1.29 is 0 Å². The van der Waals surface area contributed by atoms with Crippen molar-refractivity contribution in [2.45, 2.75) is 13.8 Å². The van der Waals surface area contributed by atoms with Crippen LogP contribution in [0.1, 0.15) is 11.1 Å². The minimum atomic E-state index is 0.559. The maximum Gasteiger partial charge on any atom is 0.123 e. The third kappa shape index (κ3) is 1.84. The molecule has 2 aromatic rings. The maximum absolute atomic E-state index is 5.56. The SMILES string of the molecule is Cc1cccc(-c2ccc(N)nc2)c1C. The van der Waals surface area contributed by atoms with Crippen molar-refractivity contribution in [3.8, 4) is 11.1 Å². The summed E-state index contributed by atoms with van der Waals surface area (Å²) in [6.45, 7) is 4.24. The highest BCUT2D eigenvalue weighted by Crippen LogP contribution is 2.24. The second-order valence-corrected chi connectivity index (χ2v) is 3.72. The first-order valence-corrected chi connectivity index (χ1v) is 4.96. The minimum Gasteiger partial charge on any atom is -0.384 e. The van der Waals surface area contributed by atoms with E-state index >= 15 is 0 Å².